The molecular formula is C20H30N6O2. The van der Waals surface area contributed by atoms with Crippen molar-refractivity contribution in [1.82, 2.24) is 29.7 Å². The summed E-state index contributed by atoms with van der Waals surface area (Å²) in [5.74, 6) is 0.808. The first-order valence-electron chi connectivity index (χ1n) is 9.90. The molecule has 1 fully saturated rings. The van der Waals surface area contributed by atoms with Crippen LogP contribution in [0.15, 0.2) is 37.1 Å². The van der Waals surface area contributed by atoms with Gasteiger partial charge in [-0.2, -0.15) is 0 Å². The van der Waals surface area contributed by atoms with Gasteiger partial charge in [-0.1, -0.05) is 19.4 Å². The second-order valence-electron chi connectivity index (χ2n) is 7.07. The lowest BCUT2D eigenvalue weighted by Gasteiger charge is -2.41. The molecule has 8 nitrogen and oxygen atoms in total. The van der Waals surface area contributed by atoms with Crippen LogP contribution in [0.2, 0.25) is 0 Å². The molecule has 2 aromatic rings. The average molecular weight is 387 g/mol. The summed E-state index contributed by atoms with van der Waals surface area (Å²) in [6.45, 7) is 6.71. The Balaban J connectivity index is 1.50. The summed E-state index contributed by atoms with van der Waals surface area (Å²) in [5, 5.41) is 3.03. The van der Waals surface area contributed by atoms with Crippen LogP contribution >= 0.6 is 0 Å². The minimum Gasteiger partial charge on any atom is -0.383 e. The predicted molar refractivity (Wildman–Crippen MR) is 107 cm³/mol. The number of carbonyl (C=O) groups excluding carboxylic acids is 1. The fourth-order valence-electron chi connectivity index (χ4n) is 3.55. The molecule has 0 aliphatic carbocycles. The van der Waals surface area contributed by atoms with E-state index in [-0.39, 0.29) is 6.03 Å². The molecule has 1 saturated heterocycles. The maximum absolute atomic E-state index is 12.6. The van der Waals surface area contributed by atoms with Gasteiger partial charge in [-0.25, -0.2) is 14.8 Å². The van der Waals surface area contributed by atoms with E-state index in [1.165, 1.54) is 0 Å². The summed E-state index contributed by atoms with van der Waals surface area (Å²) >= 11 is 0. The second kappa shape index (κ2) is 10.2. The summed E-state index contributed by atoms with van der Waals surface area (Å²) < 4.78 is 7.07. The quantitative estimate of drug-likeness (QED) is 0.750. The smallest absolute Gasteiger partial charge is 0.317 e. The fraction of sp³-hybridized carbons (Fsp3) is 0.550. The third kappa shape index (κ3) is 5.30. The number of carbonyl (C=O) groups is 1. The Morgan fingerprint density at radius 2 is 2.25 bits per heavy atom. The summed E-state index contributed by atoms with van der Waals surface area (Å²) in [5.41, 5.74) is 0.973. The van der Waals surface area contributed by atoms with Crippen molar-refractivity contribution in [2.75, 3.05) is 39.9 Å². The van der Waals surface area contributed by atoms with E-state index in [4.69, 9.17) is 4.74 Å². The molecule has 2 amide bonds. The molecule has 0 aromatic carbocycles. The summed E-state index contributed by atoms with van der Waals surface area (Å²) in [6.07, 6.45) is 9.27. The van der Waals surface area contributed by atoms with E-state index in [0.717, 1.165) is 57.0 Å². The van der Waals surface area contributed by atoms with Crippen LogP contribution < -0.4 is 5.32 Å². The maximum atomic E-state index is 12.6. The predicted octanol–water partition coefficient (Wildman–Crippen LogP) is 1.91. The van der Waals surface area contributed by atoms with Crippen molar-refractivity contribution in [2.24, 2.45) is 0 Å². The molecule has 0 bridgehead atoms. The summed E-state index contributed by atoms with van der Waals surface area (Å²) in [7, 11) is 1.73. The Labute approximate surface area is 166 Å². The highest BCUT2D eigenvalue weighted by Crippen LogP contribution is 2.15. The van der Waals surface area contributed by atoms with Crippen LogP contribution in [0, 0.1) is 0 Å². The molecule has 152 valence electrons. The first-order chi connectivity index (χ1) is 13.7. The largest absolute Gasteiger partial charge is 0.383 e. The van der Waals surface area contributed by atoms with Gasteiger partial charge in [-0.15, -0.1) is 0 Å². The number of ether oxygens (including phenoxy) is 1. The Morgan fingerprint density at radius 3 is 2.93 bits per heavy atom. The van der Waals surface area contributed by atoms with Crippen LogP contribution in [0.4, 0.5) is 4.79 Å². The van der Waals surface area contributed by atoms with Gasteiger partial charge in [0.25, 0.3) is 0 Å². The molecule has 1 unspecified atom stereocenters. The van der Waals surface area contributed by atoms with Crippen LogP contribution in [0.25, 0.3) is 5.82 Å². The fourth-order valence-corrected chi connectivity index (χ4v) is 3.55. The van der Waals surface area contributed by atoms with Crippen molar-refractivity contribution < 1.29 is 9.53 Å². The number of hydrogen-bond acceptors (Lipinski definition) is 5. The van der Waals surface area contributed by atoms with E-state index in [9.17, 15) is 4.79 Å². The standard InChI is InChI=1S/C20H30N6O2/c1-3-4-18-15-25(10-9-24(18)11-12-28-2)20(27)23-14-17-5-6-19(22-13-17)26-8-7-21-16-26/h5-8,13,16,18H,3-4,9-12,14-15H2,1-2H3,(H,23,27). The molecule has 0 radical (unpaired) electrons. The first-order valence-corrected chi connectivity index (χ1v) is 9.90. The normalized spacial score (nSPS) is 17.6. The van der Waals surface area contributed by atoms with Gasteiger partial charge in [-0.3, -0.25) is 9.47 Å². The number of urea groups is 1. The SMILES string of the molecule is CCCC1CN(C(=O)NCc2ccc(-n3ccnc3)nc2)CCN1CCOC. The minimum absolute atomic E-state index is 0.00817. The van der Waals surface area contributed by atoms with E-state index >= 15 is 0 Å². The Morgan fingerprint density at radius 1 is 1.36 bits per heavy atom. The van der Waals surface area contributed by atoms with Crippen LogP contribution in [0.5, 0.6) is 0 Å². The van der Waals surface area contributed by atoms with Crippen LogP contribution in [-0.4, -0.2) is 76.3 Å². The maximum Gasteiger partial charge on any atom is 0.317 e. The zero-order valence-corrected chi connectivity index (χ0v) is 16.8. The number of pyridine rings is 1. The third-order valence-electron chi connectivity index (χ3n) is 5.12. The number of piperazine rings is 1. The molecule has 0 spiro atoms. The second-order valence-corrected chi connectivity index (χ2v) is 7.07. The highest BCUT2D eigenvalue weighted by molar-refractivity contribution is 5.74. The summed E-state index contributed by atoms with van der Waals surface area (Å²) in [6, 6.07) is 4.29. The van der Waals surface area contributed by atoms with E-state index < -0.39 is 0 Å². The number of hydrogen-bond donors (Lipinski definition) is 1. The van der Waals surface area contributed by atoms with Gasteiger partial charge in [0, 0.05) is 64.5 Å². The van der Waals surface area contributed by atoms with Gasteiger partial charge in [0.05, 0.1) is 6.61 Å². The van der Waals surface area contributed by atoms with Gasteiger partial charge < -0.3 is 15.0 Å². The van der Waals surface area contributed by atoms with Crippen LogP contribution in [0.3, 0.4) is 0 Å². The Bertz CT molecular complexity index is 719. The average Bonchev–Trinajstić information content (AvgIpc) is 3.26. The zero-order valence-electron chi connectivity index (χ0n) is 16.8. The molecular weight excluding hydrogens is 356 g/mol. The van der Waals surface area contributed by atoms with E-state index in [1.807, 2.05) is 27.8 Å². The molecule has 8 heteroatoms. The molecule has 3 heterocycles. The molecule has 1 aliphatic heterocycles. The van der Waals surface area contributed by atoms with E-state index in [0.29, 0.717) is 12.6 Å². The van der Waals surface area contributed by atoms with Crippen molar-refractivity contribution in [1.29, 1.82) is 0 Å². The van der Waals surface area contributed by atoms with Crippen molar-refractivity contribution in [3.05, 3.63) is 42.6 Å². The van der Waals surface area contributed by atoms with Gasteiger partial charge in [0.15, 0.2) is 0 Å². The summed E-state index contributed by atoms with van der Waals surface area (Å²) in [4.78, 5) is 25.5. The lowest BCUT2D eigenvalue weighted by Crippen LogP contribution is -2.57. The van der Waals surface area contributed by atoms with Crippen molar-refractivity contribution >= 4 is 6.03 Å². The molecule has 0 saturated carbocycles. The molecule has 1 aliphatic rings. The molecule has 3 rings (SSSR count). The third-order valence-corrected chi connectivity index (χ3v) is 5.12. The molecule has 28 heavy (non-hydrogen) atoms. The van der Waals surface area contributed by atoms with Crippen LogP contribution in [-0.2, 0) is 11.3 Å². The van der Waals surface area contributed by atoms with Crippen molar-refractivity contribution in [3.8, 4) is 5.82 Å². The van der Waals surface area contributed by atoms with Crippen molar-refractivity contribution in [3.63, 3.8) is 0 Å². The Kier molecular flexibility index (Phi) is 7.39. The minimum atomic E-state index is -0.00817. The lowest BCUT2D eigenvalue weighted by molar-refractivity contribution is 0.0600. The van der Waals surface area contributed by atoms with Crippen LogP contribution in [0.1, 0.15) is 25.3 Å². The van der Waals surface area contributed by atoms with Gasteiger partial charge >= 0.3 is 6.03 Å². The molecule has 2 aromatic heterocycles. The number of nitrogens with one attached hydrogen (secondary N) is 1. The van der Waals surface area contributed by atoms with E-state index in [1.54, 1.807) is 25.8 Å². The number of nitrogens with zero attached hydrogens (tertiary/aromatic N) is 5. The highest BCUT2D eigenvalue weighted by atomic mass is 16.5. The first kappa shape index (κ1) is 20.3. The molecule has 1 N–H and O–H groups in total. The van der Waals surface area contributed by atoms with Gasteiger partial charge in [-0.05, 0) is 18.1 Å². The highest BCUT2D eigenvalue weighted by Gasteiger charge is 2.28. The van der Waals surface area contributed by atoms with E-state index in [2.05, 4.69) is 27.1 Å². The zero-order chi connectivity index (χ0) is 19.8. The number of amides is 2. The Hall–Kier alpha value is -2.45. The van der Waals surface area contributed by atoms with Gasteiger partial charge in [0.2, 0.25) is 0 Å². The lowest BCUT2D eigenvalue weighted by atomic mass is 10.1. The number of aromatic nitrogens is 3. The number of rotatable bonds is 8. The number of imidazole rings is 1. The topological polar surface area (TPSA) is 75.5 Å². The van der Waals surface area contributed by atoms with Crippen molar-refractivity contribution in [2.45, 2.75) is 32.4 Å². The molecule has 1 atom stereocenters. The number of methoxy groups -OCH3 is 1. The van der Waals surface area contributed by atoms with Gasteiger partial charge in [0.1, 0.15) is 12.1 Å². The monoisotopic (exact) mass is 386 g/mol.